The van der Waals surface area contributed by atoms with E-state index in [2.05, 4.69) is 21.0 Å². The van der Waals surface area contributed by atoms with Gasteiger partial charge >= 0.3 is 5.97 Å². The Kier molecular flexibility index (Phi) is 3.82. The second-order valence-corrected chi connectivity index (χ2v) is 5.38. The van der Waals surface area contributed by atoms with Crippen LogP contribution >= 0.6 is 38.5 Å². The summed E-state index contributed by atoms with van der Waals surface area (Å²) in [6, 6.07) is 7.85. The monoisotopic (exact) mass is 406 g/mol. The number of halogens is 2. The lowest BCUT2D eigenvalue weighted by Gasteiger charge is -2.04. The molecule has 0 aliphatic rings. The van der Waals surface area contributed by atoms with Crippen LogP contribution in [0.15, 0.2) is 34.9 Å². The highest BCUT2D eigenvalue weighted by atomic mass is 127. The van der Waals surface area contributed by atoms with Crippen LogP contribution in [0.4, 0.5) is 0 Å². The number of rotatable bonds is 3. The third-order valence-electron chi connectivity index (χ3n) is 2.25. The zero-order valence-electron chi connectivity index (χ0n) is 8.60. The van der Waals surface area contributed by atoms with E-state index in [1.54, 1.807) is 4.68 Å². The fourth-order valence-corrected chi connectivity index (χ4v) is 2.32. The normalized spacial score (nSPS) is 10.5. The van der Waals surface area contributed by atoms with Gasteiger partial charge in [-0.3, -0.25) is 4.68 Å². The molecule has 0 saturated heterocycles. The van der Waals surface area contributed by atoms with Crippen LogP contribution < -0.4 is 0 Å². The maximum absolute atomic E-state index is 10.9. The number of aromatic carboxylic acids is 1. The standard InChI is InChI=1S/C11H8BrIN2O2/c12-8-3-1-7(2-4-8)6-15-10(13)9(5-14-15)11(16)17/h1-5H,6H2,(H,16,17). The number of carbonyl (C=O) groups is 1. The Morgan fingerprint density at radius 2 is 2.06 bits per heavy atom. The zero-order chi connectivity index (χ0) is 12.4. The molecule has 0 aliphatic heterocycles. The Hall–Kier alpha value is -0.890. The van der Waals surface area contributed by atoms with Crippen LogP contribution in [0.25, 0.3) is 0 Å². The van der Waals surface area contributed by atoms with E-state index >= 15 is 0 Å². The predicted octanol–water partition coefficient (Wildman–Crippen LogP) is 3.00. The van der Waals surface area contributed by atoms with Crippen molar-refractivity contribution in [3.63, 3.8) is 0 Å². The molecule has 1 N–H and O–H groups in total. The summed E-state index contributed by atoms with van der Waals surface area (Å²) >= 11 is 5.36. The molecule has 2 rings (SSSR count). The molecule has 2 aromatic rings. The summed E-state index contributed by atoms with van der Waals surface area (Å²) < 4.78 is 3.33. The molecule has 6 heteroatoms. The minimum atomic E-state index is -0.948. The number of carboxylic acids is 1. The van der Waals surface area contributed by atoms with E-state index in [1.807, 2.05) is 46.9 Å². The second kappa shape index (κ2) is 5.18. The Labute approximate surface area is 120 Å². The van der Waals surface area contributed by atoms with E-state index in [9.17, 15) is 4.79 Å². The van der Waals surface area contributed by atoms with Crippen molar-refractivity contribution in [3.05, 3.63) is 49.8 Å². The van der Waals surface area contributed by atoms with Crippen LogP contribution in [0.1, 0.15) is 15.9 Å². The Bertz CT molecular complexity index is 551. The molecule has 0 saturated carbocycles. The van der Waals surface area contributed by atoms with Gasteiger partial charge in [0, 0.05) is 4.47 Å². The zero-order valence-corrected chi connectivity index (χ0v) is 12.3. The molecular weight excluding hydrogens is 399 g/mol. The lowest BCUT2D eigenvalue weighted by molar-refractivity contribution is 0.0695. The van der Waals surface area contributed by atoms with Crippen molar-refractivity contribution in [3.8, 4) is 0 Å². The molecule has 0 fully saturated rings. The number of benzene rings is 1. The Balaban J connectivity index is 2.24. The van der Waals surface area contributed by atoms with Gasteiger partial charge in [-0.2, -0.15) is 5.10 Å². The molecule has 0 aliphatic carbocycles. The first-order chi connectivity index (χ1) is 8.08. The first-order valence-corrected chi connectivity index (χ1v) is 6.64. The highest BCUT2D eigenvalue weighted by Crippen LogP contribution is 2.15. The van der Waals surface area contributed by atoms with Crippen molar-refractivity contribution >= 4 is 44.5 Å². The molecule has 0 unspecified atom stereocenters. The summed E-state index contributed by atoms with van der Waals surface area (Å²) in [5, 5.41) is 13.0. The van der Waals surface area contributed by atoms with E-state index in [-0.39, 0.29) is 5.56 Å². The third kappa shape index (κ3) is 2.86. The van der Waals surface area contributed by atoms with Crippen molar-refractivity contribution in [2.45, 2.75) is 6.54 Å². The van der Waals surface area contributed by atoms with Crippen LogP contribution in [0, 0.1) is 3.70 Å². The summed E-state index contributed by atoms with van der Waals surface area (Å²) in [6.07, 6.45) is 1.38. The lowest BCUT2D eigenvalue weighted by Crippen LogP contribution is -2.05. The highest BCUT2D eigenvalue weighted by Gasteiger charge is 2.13. The summed E-state index contributed by atoms with van der Waals surface area (Å²) in [7, 11) is 0. The molecule has 0 bridgehead atoms. The van der Waals surface area contributed by atoms with Gasteiger partial charge in [0.15, 0.2) is 0 Å². The van der Waals surface area contributed by atoms with Crippen molar-refractivity contribution < 1.29 is 9.90 Å². The van der Waals surface area contributed by atoms with Gasteiger partial charge in [0.1, 0.15) is 9.26 Å². The SMILES string of the molecule is O=C(O)c1cnn(Cc2ccc(Br)cc2)c1I. The van der Waals surface area contributed by atoms with Gasteiger partial charge in [-0.25, -0.2) is 4.79 Å². The molecule has 17 heavy (non-hydrogen) atoms. The van der Waals surface area contributed by atoms with Gasteiger partial charge in [-0.1, -0.05) is 28.1 Å². The van der Waals surface area contributed by atoms with E-state index in [4.69, 9.17) is 5.11 Å². The van der Waals surface area contributed by atoms with Crippen molar-refractivity contribution in [1.29, 1.82) is 0 Å². The van der Waals surface area contributed by atoms with Crippen molar-refractivity contribution in [2.24, 2.45) is 0 Å². The number of hydrogen-bond donors (Lipinski definition) is 1. The van der Waals surface area contributed by atoms with Crippen LogP contribution in [-0.4, -0.2) is 20.9 Å². The topological polar surface area (TPSA) is 55.1 Å². The molecule has 0 radical (unpaired) electrons. The van der Waals surface area contributed by atoms with Crippen molar-refractivity contribution in [1.82, 2.24) is 9.78 Å². The van der Waals surface area contributed by atoms with Crippen LogP contribution in [0.5, 0.6) is 0 Å². The fraction of sp³-hybridized carbons (Fsp3) is 0.0909. The molecule has 1 aromatic heterocycles. The third-order valence-corrected chi connectivity index (χ3v) is 3.92. The van der Waals surface area contributed by atoms with Gasteiger partial charge in [0.05, 0.1) is 12.7 Å². The smallest absolute Gasteiger partial charge is 0.340 e. The van der Waals surface area contributed by atoms with E-state index in [0.29, 0.717) is 10.2 Å². The minimum absolute atomic E-state index is 0.239. The summed E-state index contributed by atoms with van der Waals surface area (Å²) in [6.45, 7) is 0.568. The molecule has 1 heterocycles. The number of aromatic nitrogens is 2. The molecule has 1 aromatic carbocycles. The van der Waals surface area contributed by atoms with E-state index in [0.717, 1.165) is 10.0 Å². The number of carboxylic acid groups (broad SMARTS) is 1. The fourth-order valence-electron chi connectivity index (χ4n) is 1.39. The molecule has 88 valence electrons. The van der Waals surface area contributed by atoms with Gasteiger partial charge in [-0.15, -0.1) is 0 Å². The average molecular weight is 407 g/mol. The minimum Gasteiger partial charge on any atom is -0.478 e. The maximum Gasteiger partial charge on any atom is 0.340 e. The largest absolute Gasteiger partial charge is 0.478 e. The maximum atomic E-state index is 10.9. The molecular formula is C11H8BrIN2O2. The molecule has 4 nitrogen and oxygen atoms in total. The van der Waals surface area contributed by atoms with Crippen LogP contribution in [0.2, 0.25) is 0 Å². The molecule has 0 atom stereocenters. The molecule has 0 amide bonds. The first kappa shape index (κ1) is 12.6. The first-order valence-electron chi connectivity index (χ1n) is 4.77. The predicted molar refractivity (Wildman–Crippen MR) is 75.1 cm³/mol. The quantitative estimate of drug-likeness (QED) is 0.797. The van der Waals surface area contributed by atoms with Gasteiger partial charge in [0.2, 0.25) is 0 Å². The van der Waals surface area contributed by atoms with Crippen LogP contribution in [-0.2, 0) is 6.54 Å². The number of hydrogen-bond acceptors (Lipinski definition) is 2. The average Bonchev–Trinajstić information content (AvgIpc) is 2.64. The van der Waals surface area contributed by atoms with Gasteiger partial charge in [0.25, 0.3) is 0 Å². The highest BCUT2D eigenvalue weighted by molar-refractivity contribution is 14.1. The van der Waals surface area contributed by atoms with Gasteiger partial charge < -0.3 is 5.11 Å². The Morgan fingerprint density at radius 3 is 2.59 bits per heavy atom. The van der Waals surface area contributed by atoms with E-state index in [1.165, 1.54) is 6.20 Å². The van der Waals surface area contributed by atoms with Gasteiger partial charge in [-0.05, 0) is 40.3 Å². The summed E-state index contributed by atoms with van der Waals surface area (Å²) in [4.78, 5) is 10.9. The summed E-state index contributed by atoms with van der Waals surface area (Å²) in [5.41, 5.74) is 1.31. The van der Waals surface area contributed by atoms with Crippen LogP contribution in [0.3, 0.4) is 0 Å². The van der Waals surface area contributed by atoms with E-state index < -0.39 is 5.97 Å². The lowest BCUT2D eigenvalue weighted by atomic mass is 10.2. The van der Waals surface area contributed by atoms with Crippen molar-refractivity contribution in [2.75, 3.05) is 0 Å². The summed E-state index contributed by atoms with van der Waals surface area (Å²) in [5.74, 6) is -0.948. The molecule has 0 spiro atoms. The number of nitrogens with zero attached hydrogens (tertiary/aromatic N) is 2. The Morgan fingerprint density at radius 1 is 1.41 bits per heavy atom. The second-order valence-electron chi connectivity index (χ2n) is 3.44.